The highest BCUT2D eigenvalue weighted by atomic mass is 16.6. The average molecular weight is 369 g/mol. The first-order valence-electron chi connectivity index (χ1n) is 9.78. The van der Waals surface area contributed by atoms with Crippen LogP contribution in [0.3, 0.4) is 0 Å². The Morgan fingerprint density at radius 3 is 2.35 bits per heavy atom. The van der Waals surface area contributed by atoms with E-state index in [-0.39, 0.29) is 18.9 Å². The van der Waals surface area contributed by atoms with Crippen molar-refractivity contribution in [1.82, 2.24) is 14.7 Å². The molecule has 3 aliphatic rings. The maximum atomic E-state index is 12.7. The van der Waals surface area contributed by atoms with E-state index in [1.54, 1.807) is 0 Å². The second-order valence-corrected chi connectivity index (χ2v) is 8.36. The minimum absolute atomic E-state index is 0.0838. The van der Waals surface area contributed by atoms with Crippen LogP contribution in [0.25, 0.3) is 0 Å². The third-order valence-electron chi connectivity index (χ3n) is 6.40. The topological polar surface area (TPSA) is 73.3 Å². The van der Waals surface area contributed by atoms with Crippen molar-refractivity contribution >= 4 is 12.1 Å². The van der Waals surface area contributed by atoms with Gasteiger partial charge in [0.05, 0.1) is 13.6 Å². The normalized spacial score (nSPS) is 32.9. The maximum absolute atomic E-state index is 12.7. The van der Waals surface area contributed by atoms with Gasteiger partial charge in [0.1, 0.15) is 12.6 Å². The number of rotatable bonds is 5. The second kappa shape index (κ2) is 7.80. The van der Waals surface area contributed by atoms with E-state index in [2.05, 4.69) is 23.6 Å². The van der Waals surface area contributed by atoms with Gasteiger partial charge >= 0.3 is 12.1 Å². The van der Waals surface area contributed by atoms with Crippen molar-refractivity contribution < 1.29 is 23.9 Å². The number of hydrogen-bond acceptors (Lipinski definition) is 6. The van der Waals surface area contributed by atoms with Gasteiger partial charge in [-0.25, -0.2) is 4.48 Å². The molecule has 3 rings (SSSR count). The Morgan fingerprint density at radius 2 is 1.81 bits per heavy atom. The van der Waals surface area contributed by atoms with Crippen molar-refractivity contribution in [3.05, 3.63) is 0 Å². The Hall–Kier alpha value is -1.22. The standard InChI is InChI=1S/C18H32N4O4/c1-14(2)20-6-4-15(5-7-20)22(3)13-16(26-18(22)25)21-10-8-19(9-11-21)12-17(23)24/h14-16H,4-13H2,1-3H3/p+1. The number of ether oxygens (including phenoxy) is 1. The summed E-state index contributed by atoms with van der Waals surface area (Å²) in [6.45, 7) is 10.2. The molecular formula is C18H33N4O4+. The Morgan fingerprint density at radius 1 is 1.19 bits per heavy atom. The molecule has 1 amide bonds. The number of carbonyl (C=O) groups is 2. The van der Waals surface area contributed by atoms with Gasteiger partial charge in [0.25, 0.3) is 0 Å². The van der Waals surface area contributed by atoms with E-state index < -0.39 is 5.97 Å². The van der Waals surface area contributed by atoms with Crippen molar-refractivity contribution in [1.29, 1.82) is 0 Å². The van der Waals surface area contributed by atoms with Crippen LogP contribution in [-0.4, -0.2) is 114 Å². The van der Waals surface area contributed by atoms with Gasteiger partial charge < -0.3 is 14.7 Å². The molecule has 8 heteroatoms. The van der Waals surface area contributed by atoms with Crippen LogP contribution in [-0.2, 0) is 9.53 Å². The van der Waals surface area contributed by atoms with Crippen molar-refractivity contribution in [2.24, 2.45) is 0 Å². The summed E-state index contributed by atoms with van der Waals surface area (Å²) in [4.78, 5) is 30.1. The number of piperidine rings is 1. The fourth-order valence-electron chi connectivity index (χ4n) is 4.53. The highest BCUT2D eigenvalue weighted by molar-refractivity contribution is 5.69. The number of cyclic esters (lactones) is 1. The third kappa shape index (κ3) is 4.03. The highest BCUT2D eigenvalue weighted by Gasteiger charge is 2.53. The Labute approximate surface area is 155 Å². The lowest BCUT2D eigenvalue weighted by atomic mass is 10.0. The lowest BCUT2D eigenvalue weighted by molar-refractivity contribution is -0.852. The SMILES string of the molecule is CC(C)N1CCC([N+]2(C)CC(N3CCN(CC(=O)O)CC3)OC2=O)CC1. The molecule has 0 aromatic heterocycles. The maximum Gasteiger partial charge on any atom is 0.517 e. The van der Waals surface area contributed by atoms with E-state index in [0.717, 1.165) is 39.0 Å². The molecule has 3 saturated heterocycles. The van der Waals surface area contributed by atoms with Gasteiger partial charge in [0, 0.05) is 58.2 Å². The summed E-state index contributed by atoms with van der Waals surface area (Å²) >= 11 is 0. The first-order valence-corrected chi connectivity index (χ1v) is 9.78. The molecule has 2 unspecified atom stereocenters. The van der Waals surface area contributed by atoms with Gasteiger partial charge in [-0.2, -0.15) is 4.79 Å². The number of likely N-dealkylation sites (tertiary alicyclic amines) is 1. The molecule has 2 atom stereocenters. The number of quaternary nitrogens is 1. The number of aliphatic carboxylic acids is 1. The zero-order chi connectivity index (χ0) is 18.9. The molecule has 1 N–H and O–H groups in total. The van der Waals surface area contributed by atoms with Crippen LogP contribution in [0.15, 0.2) is 0 Å². The number of likely N-dealkylation sites (N-methyl/N-ethyl adjacent to an activating group) is 1. The molecule has 0 radical (unpaired) electrons. The van der Waals surface area contributed by atoms with E-state index in [1.165, 1.54) is 0 Å². The van der Waals surface area contributed by atoms with E-state index >= 15 is 0 Å². The molecule has 0 saturated carbocycles. The summed E-state index contributed by atoms with van der Waals surface area (Å²) in [5, 5.41) is 8.91. The van der Waals surface area contributed by atoms with Crippen LogP contribution in [0.2, 0.25) is 0 Å². The second-order valence-electron chi connectivity index (χ2n) is 8.36. The molecule has 0 bridgehead atoms. The molecule has 0 aromatic rings. The molecule has 148 valence electrons. The van der Waals surface area contributed by atoms with Gasteiger partial charge in [-0.05, 0) is 13.8 Å². The fraction of sp³-hybridized carbons (Fsp3) is 0.889. The van der Waals surface area contributed by atoms with Crippen LogP contribution in [0.4, 0.5) is 4.79 Å². The fourth-order valence-corrected chi connectivity index (χ4v) is 4.53. The zero-order valence-corrected chi connectivity index (χ0v) is 16.3. The molecule has 0 spiro atoms. The largest absolute Gasteiger partial charge is 0.517 e. The minimum Gasteiger partial charge on any atom is -0.480 e. The Bertz CT molecular complexity index is 527. The van der Waals surface area contributed by atoms with Gasteiger partial charge in [0.15, 0.2) is 0 Å². The quantitative estimate of drug-likeness (QED) is 0.707. The number of carboxylic acids is 1. The summed E-state index contributed by atoms with van der Waals surface area (Å²) in [6, 6.07) is 0.887. The first-order chi connectivity index (χ1) is 12.3. The summed E-state index contributed by atoms with van der Waals surface area (Å²) in [7, 11) is 2.03. The number of nitrogens with zero attached hydrogens (tertiary/aromatic N) is 4. The number of piperazine rings is 1. The van der Waals surface area contributed by atoms with Crippen LogP contribution >= 0.6 is 0 Å². The first kappa shape index (κ1) is 19.5. The molecule has 3 heterocycles. The smallest absolute Gasteiger partial charge is 0.480 e. The van der Waals surface area contributed by atoms with Gasteiger partial charge in [-0.1, -0.05) is 0 Å². The van der Waals surface area contributed by atoms with E-state index in [0.29, 0.717) is 36.2 Å². The molecule has 0 aliphatic carbocycles. The predicted octanol–water partition coefficient (Wildman–Crippen LogP) is 0.484. The number of carbonyl (C=O) groups excluding carboxylic acids is 1. The van der Waals surface area contributed by atoms with Crippen molar-refractivity contribution in [3.8, 4) is 0 Å². The molecule has 3 fully saturated rings. The summed E-state index contributed by atoms with van der Waals surface area (Å²) < 4.78 is 6.15. The lowest BCUT2D eigenvalue weighted by Gasteiger charge is -2.40. The minimum atomic E-state index is -0.789. The van der Waals surface area contributed by atoms with Crippen LogP contribution < -0.4 is 0 Å². The third-order valence-corrected chi connectivity index (χ3v) is 6.40. The van der Waals surface area contributed by atoms with Crippen molar-refractivity contribution in [3.63, 3.8) is 0 Å². The zero-order valence-electron chi connectivity index (χ0n) is 16.3. The predicted molar refractivity (Wildman–Crippen MR) is 96.7 cm³/mol. The lowest BCUT2D eigenvalue weighted by Crippen LogP contribution is -2.59. The van der Waals surface area contributed by atoms with E-state index in [9.17, 15) is 9.59 Å². The summed E-state index contributed by atoms with van der Waals surface area (Å²) in [5.74, 6) is -0.789. The van der Waals surface area contributed by atoms with Crippen molar-refractivity contribution in [2.45, 2.75) is 45.0 Å². The Kier molecular flexibility index (Phi) is 5.86. The van der Waals surface area contributed by atoms with Gasteiger partial charge in [-0.3, -0.25) is 14.6 Å². The molecule has 0 aromatic carbocycles. The number of amides is 1. The van der Waals surface area contributed by atoms with Crippen LogP contribution in [0, 0.1) is 0 Å². The molecule has 8 nitrogen and oxygen atoms in total. The summed E-state index contributed by atoms with van der Waals surface area (Å²) in [6.07, 6.45) is 1.78. The monoisotopic (exact) mass is 369 g/mol. The van der Waals surface area contributed by atoms with Gasteiger partial charge in [0.2, 0.25) is 6.23 Å². The van der Waals surface area contributed by atoms with Gasteiger partial charge in [-0.15, -0.1) is 0 Å². The molecular weight excluding hydrogens is 336 g/mol. The summed E-state index contributed by atoms with van der Waals surface area (Å²) in [5.41, 5.74) is 0. The van der Waals surface area contributed by atoms with E-state index in [1.807, 2.05) is 11.9 Å². The highest BCUT2D eigenvalue weighted by Crippen LogP contribution is 2.31. The molecule has 26 heavy (non-hydrogen) atoms. The van der Waals surface area contributed by atoms with E-state index in [4.69, 9.17) is 9.84 Å². The number of hydrogen-bond donors (Lipinski definition) is 1. The average Bonchev–Trinajstić information content (AvgIpc) is 2.91. The number of carboxylic acid groups (broad SMARTS) is 1. The Balaban J connectivity index is 1.54. The molecule has 3 aliphatic heterocycles. The van der Waals surface area contributed by atoms with Crippen LogP contribution in [0.1, 0.15) is 26.7 Å². The van der Waals surface area contributed by atoms with Crippen molar-refractivity contribution in [2.75, 3.05) is 59.4 Å². The van der Waals surface area contributed by atoms with Crippen LogP contribution in [0.5, 0.6) is 0 Å².